The van der Waals surface area contributed by atoms with Gasteiger partial charge in [-0.2, -0.15) is 0 Å². The van der Waals surface area contributed by atoms with Gasteiger partial charge in [-0.05, 0) is 42.8 Å². The molecule has 2 aromatic carbocycles. The average Bonchev–Trinajstić information content (AvgIpc) is 2.93. The number of β-amino-alcohol motifs (C(OH)–C–C–N with tert-alkyl or cyclic N) is 1. The van der Waals surface area contributed by atoms with Crippen molar-refractivity contribution in [2.24, 2.45) is 0 Å². The number of carbonyl (C=O) groups excluding carboxylic acids is 1. The van der Waals surface area contributed by atoms with Crippen LogP contribution in [0.4, 0.5) is 13.2 Å². The fourth-order valence-electron chi connectivity index (χ4n) is 2.94. The molecule has 24 heavy (non-hydrogen) atoms. The van der Waals surface area contributed by atoms with Gasteiger partial charge in [0, 0.05) is 12.1 Å². The molecule has 2 unspecified atom stereocenters. The summed E-state index contributed by atoms with van der Waals surface area (Å²) in [7, 11) is 0. The van der Waals surface area contributed by atoms with Gasteiger partial charge in [0.1, 0.15) is 23.2 Å². The summed E-state index contributed by atoms with van der Waals surface area (Å²) in [5.41, 5.74) is -0.373. The number of hydrogen-bond donors (Lipinski definition) is 2. The van der Waals surface area contributed by atoms with Crippen LogP contribution in [0, 0.1) is 17.5 Å². The van der Waals surface area contributed by atoms with Crippen LogP contribution in [0.2, 0.25) is 0 Å². The molecule has 0 spiro atoms. The zero-order valence-corrected chi connectivity index (χ0v) is 12.4. The summed E-state index contributed by atoms with van der Waals surface area (Å²) in [6.45, 7) is -0.130. The van der Waals surface area contributed by atoms with E-state index in [0.717, 1.165) is 41.3 Å². The van der Waals surface area contributed by atoms with E-state index in [2.05, 4.69) is 0 Å². The van der Waals surface area contributed by atoms with Gasteiger partial charge in [0.05, 0.1) is 17.7 Å². The van der Waals surface area contributed by atoms with E-state index in [1.165, 1.54) is 0 Å². The maximum absolute atomic E-state index is 14.0. The molecule has 0 bridgehead atoms. The SMILES string of the molecule is O=C(c1cc(F)ccc1O)N1CC(O)CC1c1cc(F)ccc1F. The number of aliphatic hydroxyl groups is 1. The Kier molecular flexibility index (Phi) is 4.19. The molecule has 0 aromatic heterocycles. The summed E-state index contributed by atoms with van der Waals surface area (Å²) in [6.07, 6.45) is -0.917. The number of benzene rings is 2. The van der Waals surface area contributed by atoms with Crippen LogP contribution in [0.5, 0.6) is 5.75 Å². The van der Waals surface area contributed by atoms with Crippen LogP contribution in [-0.2, 0) is 0 Å². The Morgan fingerprint density at radius 1 is 1.08 bits per heavy atom. The van der Waals surface area contributed by atoms with Gasteiger partial charge >= 0.3 is 0 Å². The Balaban J connectivity index is 2.00. The Bertz CT molecular complexity index is 797. The van der Waals surface area contributed by atoms with E-state index in [1.807, 2.05) is 0 Å². The van der Waals surface area contributed by atoms with Crippen LogP contribution in [0.1, 0.15) is 28.4 Å². The summed E-state index contributed by atoms with van der Waals surface area (Å²) in [5.74, 6) is -3.30. The molecule has 1 aliphatic rings. The van der Waals surface area contributed by atoms with Crippen molar-refractivity contribution in [3.8, 4) is 5.75 Å². The number of nitrogens with zero attached hydrogens (tertiary/aromatic N) is 1. The van der Waals surface area contributed by atoms with Gasteiger partial charge < -0.3 is 15.1 Å². The molecular formula is C17H14F3NO3. The standard InChI is InChI=1S/C17H14F3NO3/c18-9-1-3-14(20)12(5-9)15-7-11(22)8-21(15)17(24)13-6-10(19)2-4-16(13)23/h1-6,11,15,22-23H,7-8H2. The van der Waals surface area contributed by atoms with Gasteiger partial charge in [-0.1, -0.05) is 0 Å². The van der Waals surface area contributed by atoms with E-state index in [1.54, 1.807) is 0 Å². The van der Waals surface area contributed by atoms with Crippen LogP contribution in [0.25, 0.3) is 0 Å². The fourth-order valence-corrected chi connectivity index (χ4v) is 2.94. The minimum absolute atomic E-state index is 0.0161. The van der Waals surface area contributed by atoms with Crippen molar-refractivity contribution in [2.75, 3.05) is 6.54 Å². The van der Waals surface area contributed by atoms with E-state index >= 15 is 0 Å². The number of aliphatic hydroxyl groups excluding tert-OH is 1. The Labute approximate surface area is 135 Å². The van der Waals surface area contributed by atoms with Crippen LogP contribution in [-0.4, -0.2) is 33.7 Å². The van der Waals surface area contributed by atoms with Gasteiger partial charge in [-0.25, -0.2) is 13.2 Å². The molecule has 0 aliphatic carbocycles. The van der Waals surface area contributed by atoms with E-state index in [-0.39, 0.29) is 24.1 Å². The van der Waals surface area contributed by atoms with Gasteiger partial charge in [0.15, 0.2) is 0 Å². The highest BCUT2D eigenvalue weighted by Crippen LogP contribution is 2.36. The predicted molar refractivity (Wildman–Crippen MR) is 78.8 cm³/mol. The number of likely N-dealkylation sites (tertiary alicyclic amines) is 1. The molecule has 3 rings (SSSR count). The van der Waals surface area contributed by atoms with Crippen LogP contribution in [0.15, 0.2) is 36.4 Å². The maximum atomic E-state index is 14.0. The van der Waals surface area contributed by atoms with E-state index in [4.69, 9.17) is 0 Å². The number of halogens is 3. The first kappa shape index (κ1) is 16.3. The molecule has 0 saturated carbocycles. The predicted octanol–water partition coefficient (Wildman–Crippen LogP) is 2.76. The molecular weight excluding hydrogens is 323 g/mol. The van der Waals surface area contributed by atoms with Crippen molar-refractivity contribution in [1.82, 2.24) is 4.90 Å². The molecule has 1 heterocycles. The highest BCUT2D eigenvalue weighted by atomic mass is 19.1. The Morgan fingerprint density at radius 3 is 2.50 bits per heavy atom. The van der Waals surface area contributed by atoms with Crippen molar-refractivity contribution >= 4 is 5.91 Å². The second-order valence-electron chi connectivity index (χ2n) is 5.69. The topological polar surface area (TPSA) is 60.8 Å². The third-order valence-electron chi connectivity index (χ3n) is 4.05. The Morgan fingerprint density at radius 2 is 1.75 bits per heavy atom. The minimum Gasteiger partial charge on any atom is -0.507 e. The van der Waals surface area contributed by atoms with Crippen molar-refractivity contribution < 1.29 is 28.2 Å². The van der Waals surface area contributed by atoms with Crippen LogP contribution >= 0.6 is 0 Å². The quantitative estimate of drug-likeness (QED) is 0.886. The molecule has 0 radical (unpaired) electrons. The summed E-state index contributed by atoms with van der Waals surface area (Å²) >= 11 is 0. The lowest BCUT2D eigenvalue weighted by atomic mass is 10.0. The van der Waals surface area contributed by atoms with Gasteiger partial charge in [0.2, 0.25) is 0 Å². The zero-order valence-electron chi connectivity index (χ0n) is 12.4. The number of amides is 1. The van der Waals surface area contributed by atoms with Crippen molar-refractivity contribution in [1.29, 1.82) is 0 Å². The molecule has 1 aliphatic heterocycles. The monoisotopic (exact) mass is 337 g/mol. The molecule has 1 amide bonds. The summed E-state index contributed by atoms with van der Waals surface area (Å²) in [4.78, 5) is 13.7. The average molecular weight is 337 g/mol. The normalized spacial score (nSPS) is 20.4. The van der Waals surface area contributed by atoms with E-state index in [9.17, 15) is 28.2 Å². The van der Waals surface area contributed by atoms with Crippen molar-refractivity contribution in [2.45, 2.75) is 18.6 Å². The largest absolute Gasteiger partial charge is 0.507 e. The van der Waals surface area contributed by atoms with Gasteiger partial charge in [-0.3, -0.25) is 4.79 Å². The highest BCUT2D eigenvalue weighted by molar-refractivity contribution is 5.97. The lowest BCUT2D eigenvalue weighted by Gasteiger charge is -2.25. The first-order chi connectivity index (χ1) is 11.4. The lowest BCUT2D eigenvalue weighted by molar-refractivity contribution is 0.0710. The summed E-state index contributed by atoms with van der Waals surface area (Å²) in [6, 6.07) is 4.84. The van der Waals surface area contributed by atoms with E-state index < -0.39 is 41.3 Å². The first-order valence-corrected chi connectivity index (χ1v) is 7.29. The molecule has 2 aromatic rings. The molecule has 126 valence electrons. The van der Waals surface area contributed by atoms with Crippen molar-refractivity contribution in [3.05, 3.63) is 65.0 Å². The van der Waals surface area contributed by atoms with Gasteiger partial charge in [0.25, 0.3) is 5.91 Å². The molecule has 2 N–H and O–H groups in total. The van der Waals surface area contributed by atoms with Crippen molar-refractivity contribution in [3.63, 3.8) is 0 Å². The third kappa shape index (κ3) is 2.94. The molecule has 1 saturated heterocycles. The number of phenolic OH excluding ortho intramolecular Hbond substituents is 1. The maximum Gasteiger partial charge on any atom is 0.258 e. The number of aromatic hydroxyl groups is 1. The smallest absolute Gasteiger partial charge is 0.258 e. The molecule has 4 nitrogen and oxygen atoms in total. The highest BCUT2D eigenvalue weighted by Gasteiger charge is 2.38. The molecule has 2 atom stereocenters. The number of carbonyl (C=O) groups is 1. The Hall–Kier alpha value is -2.54. The van der Waals surface area contributed by atoms with Crippen LogP contribution in [0.3, 0.4) is 0 Å². The fraction of sp³-hybridized carbons (Fsp3) is 0.235. The third-order valence-corrected chi connectivity index (χ3v) is 4.05. The zero-order chi connectivity index (χ0) is 17.4. The van der Waals surface area contributed by atoms with Crippen LogP contribution < -0.4 is 0 Å². The van der Waals surface area contributed by atoms with Gasteiger partial charge in [-0.15, -0.1) is 0 Å². The van der Waals surface area contributed by atoms with E-state index in [0.29, 0.717) is 0 Å². The number of phenols is 1. The second-order valence-corrected chi connectivity index (χ2v) is 5.69. The number of rotatable bonds is 2. The molecule has 7 heteroatoms. The summed E-state index contributed by atoms with van der Waals surface area (Å²) < 4.78 is 40.8. The molecule has 1 fully saturated rings. The second kappa shape index (κ2) is 6.16. The summed E-state index contributed by atoms with van der Waals surface area (Å²) in [5, 5.41) is 19.6. The number of hydrogen-bond acceptors (Lipinski definition) is 3. The minimum atomic E-state index is -0.933. The lowest BCUT2D eigenvalue weighted by Crippen LogP contribution is -2.32. The first-order valence-electron chi connectivity index (χ1n) is 7.29.